The van der Waals surface area contributed by atoms with Crippen molar-refractivity contribution in [3.8, 4) is 11.5 Å². The van der Waals surface area contributed by atoms with E-state index in [0.29, 0.717) is 17.6 Å². The average molecular weight is 381 g/mol. The first kappa shape index (κ1) is 18.6. The second kappa shape index (κ2) is 7.70. The monoisotopic (exact) mass is 381 g/mol. The lowest BCUT2D eigenvalue weighted by Crippen LogP contribution is -2.23. The van der Waals surface area contributed by atoms with Gasteiger partial charge in [0.25, 0.3) is 0 Å². The van der Waals surface area contributed by atoms with Gasteiger partial charge in [-0.25, -0.2) is 4.98 Å². The molecule has 0 bridgehead atoms. The van der Waals surface area contributed by atoms with Crippen molar-refractivity contribution < 1.29 is 13.9 Å². The van der Waals surface area contributed by atoms with E-state index in [-0.39, 0.29) is 12.6 Å². The van der Waals surface area contributed by atoms with E-state index in [9.17, 15) is 4.79 Å². The molecule has 3 heterocycles. The van der Waals surface area contributed by atoms with Gasteiger partial charge in [-0.1, -0.05) is 19.3 Å². The Kier molecular flexibility index (Phi) is 5.11. The van der Waals surface area contributed by atoms with Crippen molar-refractivity contribution >= 4 is 17.4 Å². The summed E-state index contributed by atoms with van der Waals surface area (Å²) >= 11 is 0. The smallest absolute Gasteiger partial charge is 0.303 e. The fourth-order valence-corrected chi connectivity index (χ4v) is 4.03. The summed E-state index contributed by atoms with van der Waals surface area (Å²) in [4.78, 5) is 15.9. The number of aryl methyl sites for hydroxylation is 2. The molecule has 1 saturated carbocycles. The second-order valence-electron chi connectivity index (χ2n) is 7.70. The molecule has 6 heteroatoms. The van der Waals surface area contributed by atoms with Crippen LogP contribution in [0, 0.1) is 13.8 Å². The van der Waals surface area contributed by atoms with Crippen molar-refractivity contribution in [2.75, 3.05) is 5.32 Å². The van der Waals surface area contributed by atoms with Crippen LogP contribution in [0.2, 0.25) is 0 Å². The number of carbonyl (C=O) groups excluding carboxylic acids is 1. The van der Waals surface area contributed by atoms with Crippen LogP contribution in [0.5, 0.6) is 0 Å². The molecule has 1 N–H and O–H groups in total. The summed E-state index contributed by atoms with van der Waals surface area (Å²) in [5.74, 6) is 1.95. The van der Waals surface area contributed by atoms with E-state index in [0.717, 1.165) is 22.9 Å². The molecule has 0 aromatic carbocycles. The number of hydrogen-bond acceptors (Lipinski definition) is 5. The van der Waals surface area contributed by atoms with Gasteiger partial charge in [-0.3, -0.25) is 9.20 Å². The molecule has 0 atom stereocenters. The Balaban J connectivity index is 1.75. The Morgan fingerprint density at radius 3 is 2.79 bits per heavy atom. The summed E-state index contributed by atoms with van der Waals surface area (Å²) in [5.41, 5.74) is 4.02. The van der Waals surface area contributed by atoms with Crippen LogP contribution in [0.1, 0.15) is 56.0 Å². The lowest BCUT2D eigenvalue weighted by molar-refractivity contribution is -0.142. The van der Waals surface area contributed by atoms with Crippen LogP contribution in [-0.4, -0.2) is 21.4 Å². The van der Waals surface area contributed by atoms with E-state index in [2.05, 4.69) is 35.7 Å². The molecule has 1 aliphatic rings. The van der Waals surface area contributed by atoms with Gasteiger partial charge in [0.1, 0.15) is 29.5 Å². The van der Waals surface area contributed by atoms with E-state index in [1.54, 1.807) is 0 Å². The second-order valence-corrected chi connectivity index (χ2v) is 7.70. The first-order valence-corrected chi connectivity index (χ1v) is 10.00. The predicted octanol–water partition coefficient (Wildman–Crippen LogP) is 5.02. The third kappa shape index (κ3) is 3.77. The van der Waals surface area contributed by atoms with Crippen LogP contribution in [0.15, 0.2) is 28.7 Å². The molecule has 6 nitrogen and oxygen atoms in total. The summed E-state index contributed by atoms with van der Waals surface area (Å²) in [6.07, 6.45) is 6.18. The van der Waals surface area contributed by atoms with Crippen LogP contribution in [0.3, 0.4) is 0 Å². The van der Waals surface area contributed by atoms with Crippen molar-refractivity contribution in [3.63, 3.8) is 0 Å². The number of esters is 1. The number of carbonyl (C=O) groups is 1. The number of furan rings is 1. The van der Waals surface area contributed by atoms with Gasteiger partial charge in [-0.05, 0) is 56.5 Å². The van der Waals surface area contributed by atoms with Crippen molar-refractivity contribution in [2.24, 2.45) is 0 Å². The molecule has 0 spiro atoms. The molecule has 0 unspecified atom stereocenters. The van der Waals surface area contributed by atoms with Gasteiger partial charge < -0.3 is 14.5 Å². The highest BCUT2D eigenvalue weighted by Crippen LogP contribution is 2.34. The number of rotatable bonds is 5. The minimum atomic E-state index is -0.323. The maximum absolute atomic E-state index is 11.1. The number of fused-ring (bicyclic) bond motifs is 1. The van der Waals surface area contributed by atoms with Crippen molar-refractivity contribution in [1.82, 2.24) is 9.38 Å². The summed E-state index contributed by atoms with van der Waals surface area (Å²) in [5, 5.41) is 3.75. The van der Waals surface area contributed by atoms with Gasteiger partial charge in [0.2, 0.25) is 0 Å². The molecule has 1 aliphatic carbocycles. The Morgan fingerprint density at radius 1 is 1.25 bits per heavy atom. The Bertz CT molecular complexity index is 996. The predicted molar refractivity (Wildman–Crippen MR) is 108 cm³/mol. The highest BCUT2D eigenvalue weighted by Gasteiger charge is 2.22. The molecule has 0 amide bonds. The number of nitrogens with one attached hydrogen (secondary N) is 1. The minimum Gasteiger partial charge on any atom is -0.458 e. The van der Waals surface area contributed by atoms with Gasteiger partial charge in [0.05, 0.1) is 0 Å². The number of ether oxygens (including phenoxy) is 1. The fraction of sp³-hybridized carbons (Fsp3) is 0.455. The molecule has 28 heavy (non-hydrogen) atoms. The largest absolute Gasteiger partial charge is 0.458 e. The lowest BCUT2D eigenvalue weighted by atomic mass is 9.95. The van der Waals surface area contributed by atoms with E-state index >= 15 is 0 Å². The van der Waals surface area contributed by atoms with E-state index in [1.165, 1.54) is 44.6 Å². The van der Waals surface area contributed by atoms with E-state index in [4.69, 9.17) is 14.1 Å². The van der Waals surface area contributed by atoms with Crippen molar-refractivity contribution in [3.05, 3.63) is 41.3 Å². The first-order valence-electron chi connectivity index (χ1n) is 10.00. The van der Waals surface area contributed by atoms with Gasteiger partial charge in [0.15, 0.2) is 5.76 Å². The number of nitrogens with zero attached hydrogens (tertiary/aromatic N) is 2. The third-order valence-electron chi connectivity index (χ3n) is 5.31. The molecule has 0 saturated heterocycles. The van der Waals surface area contributed by atoms with Crippen LogP contribution < -0.4 is 5.32 Å². The number of imidazole rings is 1. The molecule has 0 aliphatic heterocycles. The zero-order valence-corrected chi connectivity index (χ0v) is 16.7. The Morgan fingerprint density at radius 2 is 2.04 bits per heavy atom. The standard InChI is InChI=1S/C22H27N3O3/c1-14-11-15(2)25-20(12-14)24-21(22(25)23-17-7-5-4-6-8-17)19-10-9-18(28-19)13-27-16(3)26/h9-12,17,23H,4-8,13H2,1-3H3. The maximum atomic E-state index is 11.1. The highest BCUT2D eigenvalue weighted by atomic mass is 16.5. The fourth-order valence-electron chi connectivity index (χ4n) is 4.03. The molecule has 3 aromatic heterocycles. The maximum Gasteiger partial charge on any atom is 0.303 e. The SMILES string of the molecule is CC(=O)OCc1ccc(-c2nc3cc(C)cc(C)n3c2NC2CCCCC2)o1. The third-order valence-corrected chi connectivity index (χ3v) is 5.31. The molecular weight excluding hydrogens is 354 g/mol. The molecule has 4 rings (SSSR count). The average Bonchev–Trinajstić information content (AvgIpc) is 3.25. The number of aromatic nitrogens is 2. The molecular formula is C22H27N3O3. The van der Waals surface area contributed by atoms with Gasteiger partial charge in [-0.2, -0.15) is 0 Å². The quantitative estimate of drug-likeness (QED) is 0.629. The molecule has 0 radical (unpaired) electrons. The summed E-state index contributed by atoms with van der Waals surface area (Å²) in [6, 6.07) is 8.44. The van der Waals surface area contributed by atoms with E-state index in [1.807, 2.05) is 12.1 Å². The molecule has 148 valence electrons. The van der Waals surface area contributed by atoms with Gasteiger partial charge in [0, 0.05) is 18.7 Å². The summed E-state index contributed by atoms with van der Waals surface area (Å²) in [6.45, 7) is 5.71. The Labute approximate surface area is 164 Å². The van der Waals surface area contributed by atoms with Crippen LogP contribution in [0.4, 0.5) is 5.82 Å². The molecule has 3 aromatic rings. The van der Waals surface area contributed by atoms with Crippen molar-refractivity contribution in [2.45, 2.75) is 65.5 Å². The minimum absolute atomic E-state index is 0.131. The normalized spacial score (nSPS) is 15.1. The van der Waals surface area contributed by atoms with Gasteiger partial charge in [-0.15, -0.1) is 0 Å². The number of pyridine rings is 1. The topological polar surface area (TPSA) is 68.8 Å². The lowest BCUT2D eigenvalue weighted by Gasteiger charge is -2.24. The highest BCUT2D eigenvalue weighted by molar-refractivity contribution is 5.74. The van der Waals surface area contributed by atoms with E-state index < -0.39 is 0 Å². The summed E-state index contributed by atoms with van der Waals surface area (Å²) in [7, 11) is 0. The van der Waals surface area contributed by atoms with Crippen LogP contribution in [0.25, 0.3) is 17.1 Å². The summed E-state index contributed by atoms with van der Waals surface area (Å²) < 4.78 is 13.2. The van der Waals surface area contributed by atoms with Crippen LogP contribution in [-0.2, 0) is 16.1 Å². The van der Waals surface area contributed by atoms with Crippen molar-refractivity contribution in [1.29, 1.82) is 0 Å². The van der Waals surface area contributed by atoms with Gasteiger partial charge >= 0.3 is 5.97 Å². The number of anilines is 1. The zero-order chi connectivity index (χ0) is 19.7. The number of hydrogen-bond donors (Lipinski definition) is 1. The molecule has 1 fully saturated rings. The van der Waals surface area contributed by atoms with Crippen LogP contribution >= 0.6 is 0 Å². The first-order chi connectivity index (χ1) is 13.5. The zero-order valence-electron chi connectivity index (χ0n) is 16.7. The Hall–Kier alpha value is -2.76.